The number of anilines is 1. The van der Waals surface area contributed by atoms with Crippen molar-refractivity contribution in [1.82, 2.24) is 30.5 Å². The molecule has 2 amide bonds. The minimum Gasteiger partial charge on any atom is -0.481 e. The van der Waals surface area contributed by atoms with Crippen molar-refractivity contribution >= 4 is 29.1 Å². The van der Waals surface area contributed by atoms with Crippen molar-refractivity contribution in [1.29, 1.82) is 0 Å². The number of fused-ring (bicyclic) bond motifs is 1. The molecule has 3 aromatic heterocycles. The van der Waals surface area contributed by atoms with E-state index in [1.54, 1.807) is 19.5 Å². The lowest BCUT2D eigenvalue weighted by Gasteiger charge is -2.28. The molecular weight excluding hydrogens is 633 g/mol. The normalized spacial score (nSPS) is 16.0. The fourth-order valence-electron chi connectivity index (χ4n) is 6.28. The number of benzene rings is 1. The Morgan fingerprint density at radius 2 is 2.02 bits per heavy atom. The number of hydrogen-bond acceptors (Lipinski definition) is 8. The molecule has 0 spiro atoms. The second-order valence-electron chi connectivity index (χ2n) is 12.2. The van der Waals surface area contributed by atoms with E-state index in [1.165, 1.54) is 0 Å². The number of hydrogen-bond donors (Lipinski definition) is 3. The molecule has 1 aromatic carbocycles. The van der Waals surface area contributed by atoms with Crippen LogP contribution in [0.2, 0.25) is 5.02 Å². The molecule has 4 aromatic rings. The van der Waals surface area contributed by atoms with E-state index in [4.69, 9.17) is 21.3 Å². The number of halogens is 2. The Morgan fingerprint density at radius 3 is 2.81 bits per heavy atom. The third-order valence-corrected chi connectivity index (χ3v) is 9.32. The van der Waals surface area contributed by atoms with Crippen LogP contribution in [-0.2, 0) is 24.3 Å². The Bertz CT molecular complexity index is 1820. The lowest BCUT2D eigenvalue weighted by atomic mass is 10.00. The van der Waals surface area contributed by atoms with Gasteiger partial charge in [0.05, 0.1) is 30.2 Å². The molecule has 1 saturated heterocycles. The molecule has 48 heavy (non-hydrogen) atoms. The minimum atomic E-state index is -0.321. The van der Waals surface area contributed by atoms with Crippen molar-refractivity contribution in [3.05, 3.63) is 87.8 Å². The molecule has 6 rings (SSSR count). The SMILES string of the molecule is COc1nc(-c2ccnc(-c3cccc(NC(=O)c4cc5c(cn4)CN(CCCF)CC5)c3C)c2Cl)ccc1CNCC1CCC(=O)N1. The van der Waals surface area contributed by atoms with Crippen LogP contribution < -0.4 is 20.7 Å². The number of nitrogens with zero attached hydrogens (tertiary/aromatic N) is 4. The molecule has 12 heteroatoms. The number of pyridine rings is 3. The highest BCUT2D eigenvalue weighted by molar-refractivity contribution is 6.35. The van der Waals surface area contributed by atoms with E-state index in [0.29, 0.717) is 78.3 Å². The Balaban J connectivity index is 1.17. The Hall–Kier alpha value is -4.45. The molecule has 2 aliphatic rings. The third kappa shape index (κ3) is 7.48. The maximum atomic E-state index is 13.3. The van der Waals surface area contributed by atoms with E-state index in [2.05, 4.69) is 30.8 Å². The topological polar surface area (TPSA) is 121 Å². The maximum absolute atomic E-state index is 13.3. The van der Waals surface area contributed by atoms with Crippen LogP contribution in [0.3, 0.4) is 0 Å². The number of aromatic nitrogens is 3. The van der Waals surface area contributed by atoms with Gasteiger partial charge in [-0.1, -0.05) is 29.8 Å². The van der Waals surface area contributed by atoms with E-state index >= 15 is 0 Å². The van der Waals surface area contributed by atoms with Gasteiger partial charge in [0.15, 0.2) is 0 Å². The molecule has 0 saturated carbocycles. The van der Waals surface area contributed by atoms with Crippen molar-refractivity contribution in [2.45, 2.75) is 51.7 Å². The van der Waals surface area contributed by atoms with E-state index in [-0.39, 0.29) is 24.5 Å². The zero-order chi connectivity index (χ0) is 33.6. The van der Waals surface area contributed by atoms with Crippen LogP contribution in [0.5, 0.6) is 5.88 Å². The summed E-state index contributed by atoms with van der Waals surface area (Å²) >= 11 is 7.00. The average Bonchev–Trinajstić information content (AvgIpc) is 3.52. The van der Waals surface area contributed by atoms with Crippen LogP contribution in [-0.4, -0.2) is 71.1 Å². The summed E-state index contributed by atoms with van der Waals surface area (Å²) in [5.74, 6) is 0.273. The molecule has 2 aliphatic heterocycles. The first-order valence-corrected chi connectivity index (χ1v) is 16.6. The van der Waals surface area contributed by atoms with Gasteiger partial charge < -0.3 is 20.7 Å². The van der Waals surface area contributed by atoms with E-state index in [1.807, 2.05) is 49.4 Å². The predicted octanol–water partition coefficient (Wildman–Crippen LogP) is 5.51. The van der Waals surface area contributed by atoms with Gasteiger partial charge >= 0.3 is 0 Å². The smallest absolute Gasteiger partial charge is 0.274 e. The first kappa shape index (κ1) is 33.5. The van der Waals surface area contributed by atoms with Crippen molar-refractivity contribution < 1.29 is 18.7 Å². The molecule has 1 atom stereocenters. The van der Waals surface area contributed by atoms with Gasteiger partial charge in [0.2, 0.25) is 11.8 Å². The van der Waals surface area contributed by atoms with Gasteiger partial charge in [-0.25, -0.2) is 4.98 Å². The van der Waals surface area contributed by atoms with Gasteiger partial charge in [0.25, 0.3) is 5.91 Å². The molecule has 3 N–H and O–H groups in total. The van der Waals surface area contributed by atoms with Crippen molar-refractivity contribution in [2.24, 2.45) is 0 Å². The summed E-state index contributed by atoms with van der Waals surface area (Å²) in [7, 11) is 1.58. The van der Waals surface area contributed by atoms with Gasteiger partial charge in [0.1, 0.15) is 5.69 Å². The van der Waals surface area contributed by atoms with Gasteiger partial charge in [0, 0.05) is 80.0 Å². The Morgan fingerprint density at radius 1 is 1.15 bits per heavy atom. The van der Waals surface area contributed by atoms with E-state index < -0.39 is 0 Å². The summed E-state index contributed by atoms with van der Waals surface area (Å²) in [6, 6.07) is 13.3. The summed E-state index contributed by atoms with van der Waals surface area (Å²) in [5.41, 5.74) is 7.52. The molecule has 5 heterocycles. The zero-order valence-corrected chi connectivity index (χ0v) is 27.9. The van der Waals surface area contributed by atoms with Crippen molar-refractivity contribution in [3.8, 4) is 28.4 Å². The molecule has 10 nitrogen and oxygen atoms in total. The highest BCUT2D eigenvalue weighted by Crippen LogP contribution is 2.38. The second kappa shape index (κ2) is 15.2. The first-order chi connectivity index (χ1) is 23.3. The molecule has 0 radical (unpaired) electrons. The van der Waals surface area contributed by atoms with Crippen LogP contribution in [0, 0.1) is 6.92 Å². The summed E-state index contributed by atoms with van der Waals surface area (Å²) in [5, 5.41) is 9.79. The van der Waals surface area contributed by atoms with Crippen molar-refractivity contribution in [3.63, 3.8) is 0 Å². The lowest BCUT2D eigenvalue weighted by molar-refractivity contribution is -0.119. The standard InChI is InChI=1S/C36H39ClFN7O3/c1-22-27(5-3-6-29(22)43-35(47)31-17-23-12-16-45(15-4-13-38)21-25(23)19-41-31)34-33(37)28(11-14-40-34)30-9-7-24(36(44-30)48-2)18-39-20-26-8-10-32(46)42-26/h3,5-7,9,11,14,17,19,26,39H,4,8,10,12-13,15-16,18,20-21H2,1-2H3,(H,42,46)(H,43,47). The number of rotatable bonds is 12. The average molecular weight is 672 g/mol. The Labute approximate surface area is 284 Å². The quantitative estimate of drug-likeness (QED) is 0.180. The highest BCUT2D eigenvalue weighted by atomic mass is 35.5. The molecule has 0 aliphatic carbocycles. The van der Waals surface area contributed by atoms with E-state index in [9.17, 15) is 14.0 Å². The van der Waals surface area contributed by atoms with Gasteiger partial charge in [-0.3, -0.25) is 28.8 Å². The molecule has 0 bridgehead atoms. The second-order valence-corrected chi connectivity index (χ2v) is 12.5. The van der Waals surface area contributed by atoms with E-state index in [0.717, 1.165) is 47.2 Å². The van der Waals surface area contributed by atoms with Crippen LogP contribution in [0.1, 0.15) is 52.0 Å². The van der Waals surface area contributed by atoms with Crippen LogP contribution in [0.25, 0.3) is 22.5 Å². The number of methoxy groups -OCH3 is 1. The van der Waals surface area contributed by atoms with Gasteiger partial charge in [-0.15, -0.1) is 0 Å². The van der Waals surface area contributed by atoms with Crippen molar-refractivity contribution in [2.75, 3.05) is 38.7 Å². The van der Waals surface area contributed by atoms with Crippen LogP contribution in [0.15, 0.2) is 54.9 Å². The summed E-state index contributed by atoms with van der Waals surface area (Å²) in [4.78, 5) is 40.9. The van der Waals surface area contributed by atoms with Crippen LogP contribution >= 0.6 is 11.6 Å². The molecule has 1 fully saturated rings. The number of carbonyl (C=O) groups is 2. The first-order valence-electron chi connectivity index (χ1n) is 16.2. The highest BCUT2D eigenvalue weighted by Gasteiger charge is 2.22. The molecule has 250 valence electrons. The number of carbonyl (C=O) groups excluding carboxylic acids is 2. The monoisotopic (exact) mass is 671 g/mol. The minimum absolute atomic E-state index is 0.0919. The third-order valence-electron chi connectivity index (χ3n) is 8.94. The number of ether oxygens (including phenoxy) is 1. The largest absolute Gasteiger partial charge is 0.481 e. The maximum Gasteiger partial charge on any atom is 0.274 e. The zero-order valence-electron chi connectivity index (χ0n) is 27.1. The van der Waals surface area contributed by atoms with Gasteiger partial charge in [-0.05, 0) is 67.1 Å². The van der Waals surface area contributed by atoms with Crippen LogP contribution in [0.4, 0.5) is 10.1 Å². The number of nitrogens with one attached hydrogen (secondary N) is 3. The fraction of sp³-hybridized carbons (Fsp3) is 0.361. The lowest BCUT2D eigenvalue weighted by Crippen LogP contribution is -2.35. The molecular formula is C36H39ClFN7O3. The van der Waals surface area contributed by atoms with Gasteiger partial charge in [-0.2, -0.15) is 0 Å². The molecule has 1 unspecified atom stereocenters. The predicted molar refractivity (Wildman–Crippen MR) is 184 cm³/mol. The summed E-state index contributed by atoms with van der Waals surface area (Å²) in [6.45, 7) is 5.07. The number of alkyl halides is 1. The summed E-state index contributed by atoms with van der Waals surface area (Å²) in [6.07, 6.45) is 6.16. The number of amides is 2. The summed E-state index contributed by atoms with van der Waals surface area (Å²) < 4.78 is 18.2. The Kier molecular flexibility index (Phi) is 10.6. The fourth-order valence-corrected chi connectivity index (χ4v) is 6.59.